The number of fused-ring (bicyclic) bond motifs is 2. The molecule has 6 heteroatoms. The number of carbonyl (C=O) groups excluding carboxylic acids is 2. The maximum absolute atomic E-state index is 12.9. The van der Waals surface area contributed by atoms with Crippen LogP contribution in [0.25, 0.3) is 0 Å². The van der Waals surface area contributed by atoms with E-state index in [1.807, 2.05) is 49.6 Å². The smallest absolute Gasteiger partial charge is 0.244 e. The average Bonchev–Trinajstić information content (AvgIpc) is 3.20. The maximum atomic E-state index is 12.9. The highest BCUT2D eigenvalue weighted by molar-refractivity contribution is 7.98. The number of hydrogen-bond acceptors (Lipinski definition) is 4. The molecule has 2 aromatic carbocycles. The maximum Gasteiger partial charge on any atom is 0.244 e. The lowest BCUT2D eigenvalue weighted by molar-refractivity contribution is -0.126. The van der Waals surface area contributed by atoms with Crippen molar-refractivity contribution in [3.63, 3.8) is 0 Å². The first kappa shape index (κ1) is 17.0. The van der Waals surface area contributed by atoms with Crippen LogP contribution in [0, 0.1) is 0 Å². The number of thioether (sulfide) groups is 1. The van der Waals surface area contributed by atoms with Gasteiger partial charge in [-0.3, -0.25) is 9.59 Å². The van der Waals surface area contributed by atoms with Gasteiger partial charge < -0.3 is 15.0 Å². The molecule has 26 heavy (non-hydrogen) atoms. The van der Waals surface area contributed by atoms with Crippen molar-refractivity contribution >= 4 is 35.0 Å². The third-order valence-electron chi connectivity index (χ3n) is 4.89. The van der Waals surface area contributed by atoms with Crippen molar-refractivity contribution in [2.24, 2.45) is 0 Å². The van der Waals surface area contributed by atoms with Crippen molar-refractivity contribution in [2.75, 3.05) is 29.6 Å². The Morgan fingerprint density at radius 3 is 2.77 bits per heavy atom. The Kier molecular flexibility index (Phi) is 4.36. The van der Waals surface area contributed by atoms with Crippen LogP contribution in [0.4, 0.5) is 11.4 Å². The van der Waals surface area contributed by atoms with Crippen LogP contribution >= 0.6 is 11.8 Å². The molecule has 0 aromatic heterocycles. The summed E-state index contributed by atoms with van der Waals surface area (Å²) in [6.07, 6.45) is 2.84. The molecule has 0 saturated heterocycles. The summed E-state index contributed by atoms with van der Waals surface area (Å²) in [6, 6.07) is 11.5. The van der Waals surface area contributed by atoms with Gasteiger partial charge in [0.05, 0.1) is 6.61 Å². The highest BCUT2D eigenvalue weighted by Crippen LogP contribution is 2.43. The van der Waals surface area contributed by atoms with Gasteiger partial charge in [0.15, 0.2) is 0 Å². The van der Waals surface area contributed by atoms with Crippen LogP contribution in [0.2, 0.25) is 0 Å². The fraction of sp³-hybridized carbons (Fsp3) is 0.300. The third-order valence-corrected chi connectivity index (χ3v) is 5.63. The van der Waals surface area contributed by atoms with E-state index in [2.05, 4.69) is 5.32 Å². The average molecular weight is 368 g/mol. The first-order valence-electron chi connectivity index (χ1n) is 8.68. The fourth-order valence-corrected chi connectivity index (χ4v) is 3.98. The largest absolute Gasteiger partial charge is 0.493 e. The Morgan fingerprint density at radius 1 is 1.31 bits per heavy atom. The van der Waals surface area contributed by atoms with Crippen molar-refractivity contribution in [3.8, 4) is 5.75 Å². The monoisotopic (exact) mass is 368 g/mol. The molecule has 1 atom stereocenters. The Hall–Kier alpha value is -2.47. The lowest BCUT2D eigenvalue weighted by Crippen LogP contribution is -2.33. The van der Waals surface area contributed by atoms with Crippen molar-refractivity contribution in [3.05, 3.63) is 47.5 Å². The zero-order valence-corrected chi connectivity index (χ0v) is 15.6. The minimum atomic E-state index is -0.834. The van der Waals surface area contributed by atoms with Gasteiger partial charge in [-0.1, -0.05) is 0 Å². The first-order valence-corrected chi connectivity index (χ1v) is 9.90. The molecule has 4 rings (SSSR count). The number of hydrogen-bond donors (Lipinski definition) is 1. The number of amides is 2. The summed E-state index contributed by atoms with van der Waals surface area (Å²) >= 11 is 1.64. The first-order chi connectivity index (χ1) is 12.6. The summed E-state index contributed by atoms with van der Waals surface area (Å²) < 4.78 is 5.64. The highest BCUT2D eigenvalue weighted by Gasteiger charge is 2.42. The highest BCUT2D eigenvalue weighted by atomic mass is 32.2. The van der Waals surface area contributed by atoms with E-state index in [-0.39, 0.29) is 11.8 Å². The molecule has 0 fully saturated rings. The van der Waals surface area contributed by atoms with E-state index in [0.29, 0.717) is 18.8 Å². The molecule has 1 unspecified atom stereocenters. The fourth-order valence-electron chi connectivity index (χ4n) is 3.57. The van der Waals surface area contributed by atoms with Gasteiger partial charge in [0.2, 0.25) is 11.8 Å². The number of nitrogens with zero attached hydrogens (tertiary/aromatic N) is 1. The van der Waals surface area contributed by atoms with Crippen molar-refractivity contribution in [1.82, 2.24) is 0 Å². The predicted octanol–water partition coefficient (Wildman–Crippen LogP) is 3.43. The number of likely N-dealkylation sites (N-methyl/N-ethyl adjacent to an activating group) is 1. The van der Waals surface area contributed by atoms with Crippen LogP contribution in [0.5, 0.6) is 5.75 Å². The van der Waals surface area contributed by atoms with Crippen LogP contribution < -0.4 is 15.0 Å². The second-order valence-electron chi connectivity index (χ2n) is 6.35. The van der Waals surface area contributed by atoms with E-state index in [9.17, 15) is 9.59 Å². The quantitative estimate of drug-likeness (QED) is 0.663. The molecule has 0 saturated carbocycles. The normalized spacial score (nSPS) is 17.7. The molecule has 5 nitrogen and oxygen atoms in total. The summed E-state index contributed by atoms with van der Waals surface area (Å²) in [7, 11) is 0. The summed E-state index contributed by atoms with van der Waals surface area (Å²) in [5, 5.41) is 2.88. The Balaban J connectivity index is 1.65. The van der Waals surface area contributed by atoms with Gasteiger partial charge in [-0.25, -0.2) is 0 Å². The topological polar surface area (TPSA) is 58.6 Å². The number of nitrogens with one attached hydrogen (secondary N) is 1. The van der Waals surface area contributed by atoms with Crippen LogP contribution in [0.1, 0.15) is 24.0 Å². The molecule has 0 aliphatic carbocycles. The standard InChI is InChI=1S/C20H20N2O3S/c1-3-22-16-10-12-8-9-25-17(12)11-15(16)18(20(22)24)19(23)21-13-4-6-14(26-2)7-5-13/h4-7,10-11,18H,3,8-9H2,1-2H3,(H,21,23). The van der Waals surface area contributed by atoms with Gasteiger partial charge in [-0.15, -0.1) is 11.8 Å². The molecule has 2 aromatic rings. The molecule has 2 aliphatic rings. The Bertz CT molecular complexity index is 879. The Morgan fingerprint density at radius 2 is 2.08 bits per heavy atom. The zero-order valence-electron chi connectivity index (χ0n) is 14.7. The molecule has 1 N–H and O–H groups in total. The van der Waals surface area contributed by atoms with Crippen molar-refractivity contribution in [2.45, 2.75) is 24.2 Å². The predicted molar refractivity (Wildman–Crippen MR) is 103 cm³/mol. The number of carbonyl (C=O) groups is 2. The van der Waals surface area contributed by atoms with E-state index >= 15 is 0 Å². The van der Waals surface area contributed by atoms with E-state index in [4.69, 9.17) is 4.74 Å². The van der Waals surface area contributed by atoms with Crippen LogP contribution in [-0.2, 0) is 16.0 Å². The molecule has 0 spiro atoms. The van der Waals surface area contributed by atoms with E-state index in [1.54, 1.807) is 16.7 Å². The van der Waals surface area contributed by atoms with Gasteiger partial charge in [0, 0.05) is 34.8 Å². The summed E-state index contributed by atoms with van der Waals surface area (Å²) in [4.78, 5) is 28.6. The number of anilines is 2. The molecule has 2 amide bonds. The summed E-state index contributed by atoms with van der Waals surface area (Å²) in [5.41, 5.74) is 3.36. The summed E-state index contributed by atoms with van der Waals surface area (Å²) in [5.74, 6) is -0.525. The molecule has 2 aliphatic heterocycles. The minimum Gasteiger partial charge on any atom is -0.493 e. The number of benzene rings is 2. The van der Waals surface area contributed by atoms with Crippen LogP contribution in [0.15, 0.2) is 41.3 Å². The van der Waals surface area contributed by atoms with Gasteiger partial charge in [0.25, 0.3) is 0 Å². The van der Waals surface area contributed by atoms with E-state index in [0.717, 1.165) is 33.9 Å². The van der Waals surface area contributed by atoms with Gasteiger partial charge in [-0.05, 0) is 55.1 Å². The summed E-state index contributed by atoms with van der Waals surface area (Å²) in [6.45, 7) is 3.11. The lowest BCUT2D eigenvalue weighted by Gasteiger charge is -2.15. The second-order valence-corrected chi connectivity index (χ2v) is 7.23. The van der Waals surface area contributed by atoms with Crippen LogP contribution in [-0.4, -0.2) is 31.2 Å². The molecule has 0 radical (unpaired) electrons. The second kappa shape index (κ2) is 6.68. The lowest BCUT2D eigenvalue weighted by atomic mass is 9.97. The van der Waals surface area contributed by atoms with E-state index < -0.39 is 5.92 Å². The van der Waals surface area contributed by atoms with Crippen molar-refractivity contribution in [1.29, 1.82) is 0 Å². The molecular formula is C20H20N2O3S. The minimum absolute atomic E-state index is 0.176. The zero-order chi connectivity index (χ0) is 18.3. The SMILES string of the molecule is CCN1C(=O)C(C(=O)Nc2ccc(SC)cc2)c2cc3c(cc21)CCO3. The van der Waals surface area contributed by atoms with Crippen molar-refractivity contribution < 1.29 is 14.3 Å². The number of rotatable bonds is 4. The number of ether oxygens (including phenoxy) is 1. The molecular weight excluding hydrogens is 348 g/mol. The van der Waals surface area contributed by atoms with E-state index in [1.165, 1.54) is 0 Å². The molecule has 0 bridgehead atoms. The molecule has 134 valence electrons. The third kappa shape index (κ3) is 2.74. The van der Waals surface area contributed by atoms with Gasteiger partial charge in [0.1, 0.15) is 11.7 Å². The van der Waals surface area contributed by atoms with Crippen LogP contribution in [0.3, 0.4) is 0 Å². The van der Waals surface area contributed by atoms with Gasteiger partial charge in [-0.2, -0.15) is 0 Å². The Labute approximate surface area is 156 Å². The molecule has 2 heterocycles. The van der Waals surface area contributed by atoms with Gasteiger partial charge >= 0.3 is 0 Å².